The second-order valence-electron chi connectivity index (χ2n) is 1.89. The van der Waals surface area contributed by atoms with Crippen molar-refractivity contribution in [2.45, 2.75) is 19.5 Å². The topological polar surface area (TPSA) is 24.1 Å². The number of hydrogen-bond donors (Lipinski definition) is 2. The summed E-state index contributed by atoms with van der Waals surface area (Å²) in [6.07, 6.45) is 5.67. The largest absolute Gasteiger partial charge is 0.302 e. The van der Waals surface area contributed by atoms with Crippen LogP contribution < -0.4 is 10.6 Å². The van der Waals surface area contributed by atoms with Gasteiger partial charge in [0.2, 0.25) is 0 Å². The van der Waals surface area contributed by atoms with Crippen molar-refractivity contribution in [1.82, 2.24) is 10.6 Å². The molecule has 9 heavy (non-hydrogen) atoms. The first-order valence-corrected chi connectivity index (χ1v) is 3.36. The van der Waals surface area contributed by atoms with E-state index in [1.54, 1.807) is 0 Å². The Morgan fingerprint density at radius 3 is 2.22 bits per heavy atom. The van der Waals surface area contributed by atoms with Crippen molar-refractivity contribution in [3.8, 4) is 0 Å². The van der Waals surface area contributed by atoms with Crippen LogP contribution in [0, 0.1) is 0 Å². The number of hydrogen-bond acceptors (Lipinski definition) is 2. The van der Waals surface area contributed by atoms with E-state index in [-0.39, 0.29) is 0 Å². The Balaban J connectivity index is 3.41. The SMILES string of the molecule is CCC=CC(NC)NC. The first-order valence-electron chi connectivity index (χ1n) is 3.36. The van der Waals surface area contributed by atoms with Crippen molar-refractivity contribution in [3.63, 3.8) is 0 Å². The fourth-order valence-corrected chi connectivity index (χ4v) is 0.609. The Bertz CT molecular complexity index is 75.0. The molecule has 0 fully saturated rings. The van der Waals surface area contributed by atoms with Crippen molar-refractivity contribution < 1.29 is 0 Å². The van der Waals surface area contributed by atoms with Crippen LogP contribution in [-0.2, 0) is 0 Å². The molecule has 0 amide bonds. The van der Waals surface area contributed by atoms with Gasteiger partial charge in [-0.3, -0.25) is 0 Å². The molecule has 0 radical (unpaired) electrons. The van der Waals surface area contributed by atoms with E-state index in [1.807, 2.05) is 14.1 Å². The van der Waals surface area contributed by atoms with E-state index in [0.717, 1.165) is 6.42 Å². The van der Waals surface area contributed by atoms with Crippen LogP contribution in [0.2, 0.25) is 0 Å². The molecule has 0 aliphatic heterocycles. The predicted octanol–water partition coefficient (Wildman–Crippen LogP) is 0.717. The van der Waals surface area contributed by atoms with Gasteiger partial charge < -0.3 is 10.6 Å². The van der Waals surface area contributed by atoms with Crippen LogP contribution in [0.1, 0.15) is 13.3 Å². The standard InChI is InChI=1S/C7H16N2/c1-4-5-6-7(8-2)9-3/h5-9H,4H2,1-3H3. The van der Waals surface area contributed by atoms with Crippen LogP contribution in [0.4, 0.5) is 0 Å². The number of nitrogens with one attached hydrogen (secondary N) is 2. The minimum absolute atomic E-state index is 0.324. The van der Waals surface area contributed by atoms with Gasteiger partial charge in [-0.1, -0.05) is 19.1 Å². The highest BCUT2D eigenvalue weighted by Gasteiger charge is 1.91. The van der Waals surface area contributed by atoms with Crippen molar-refractivity contribution in [1.29, 1.82) is 0 Å². The van der Waals surface area contributed by atoms with E-state index in [0.29, 0.717) is 6.17 Å². The van der Waals surface area contributed by atoms with Crippen molar-refractivity contribution in [3.05, 3.63) is 12.2 Å². The van der Waals surface area contributed by atoms with Crippen LogP contribution in [0.25, 0.3) is 0 Å². The van der Waals surface area contributed by atoms with Crippen molar-refractivity contribution in [2.75, 3.05) is 14.1 Å². The lowest BCUT2D eigenvalue weighted by atomic mass is 10.3. The van der Waals surface area contributed by atoms with E-state index in [2.05, 4.69) is 29.7 Å². The maximum Gasteiger partial charge on any atom is 0.0759 e. The summed E-state index contributed by atoms with van der Waals surface area (Å²) in [4.78, 5) is 0. The van der Waals surface area contributed by atoms with Gasteiger partial charge in [0.05, 0.1) is 6.17 Å². The third kappa shape index (κ3) is 4.18. The molecule has 0 aromatic rings. The molecule has 0 rings (SSSR count). The molecule has 0 aromatic carbocycles. The van der Waals surface area contributed by atoms with Gasteiger partial charge in [0.15, 0.2) is 0 Å². The Labute approximate surface area is 57.3 Å². The third-order valence-corrected chi connectivity index (χ3v) is 1.19. The second-order valence-corrected chi connectivity index (χ2v) is 1.89. The zero-order valence-corrected chi connectivity index (χ0v) is 6.44. The molecule has 0 saturated carbocycles. The monoisotopic (exact) mass is 128 g/mol. The summed E-state index contributed by atoms with van der Waals surface area (Å²) in [5, 5.41) is 6.18. The minimum atomic E-state index is 0.324. The molecule has 2 N–H and O–H groups in total. The average Bonchev–Trinajstić information content (AvgIpc) is 1.91. The zero-order valence-electron chi connectivity index (χ0n) is 6.44. The molecule has 0 unspecified atom stereocenters. The van der Waals surface area contributed by atoms with Gasteiger partial charge in [-0.05, 0) is 20.5 Å². The summed E-state index contributed by atoms with van der Waals surface area (Å²) in [5.41, 5.74) is 0. The molecule has 0 heterocycles. The van der Waals surface area contributed by atoms with Gasteiger partial charge in [0, 0.05) is 0 Å². The lowest BCUT2D eigenvalue weighted by Crippen LogP contribution is -2.35. The molecular weight excluding hydrogens is 112 g/mol. The molecule has 54 valence electrons. The summed E-state index contributed by atoms with van der Waals surface area (Å²) in [5.74, 6) is 0. The molecule has 0 bridgehead atoms. The maximum atomic E-state index is 3.09. The molecule has 0 aliphatic rings. The first kappa shape index (κ1) is 8.66. The second kappa shape index (κ2) is 5.79. The highest BCUT2D eigenvalue weighted by atomic mass is 15.1. The normalized spacial score (nSPS) is 11.6. The van der Waals surface area contributed by atoms with Gasteiger partial charge in [0.1, 0.15) is 0 Å². The van der Waals surface area contributed by atoms with Gasteiger partial charge in [-0.15, -0.1) is 0 Å². The maximum absolute atomic E-state index is 3.09. The van der Waals surface area contributed by atoms with Gasteiger partial charge in [0.25, 0.3) is 0 Å². The first-order chi connectivity index (χ1) is 4.35. The molecule has 0 aromatic heterocycles. The smallest absolute Gasteiger partial charge is 0.0759 e. The highest BCUT2D eigenvalue weighted by Crippen LogP contribution is 1.82. The molecule has 2 heteroatoms. The van der Waals surface area contributed by atoms with Gasteiger partial charge in [-0.25, -0.2) is 0 Å². The van der Waals surface area contributed by atoms with E-state index in [4.69, 9.17) is 0 Å². The van der Waals surface area contributed by atoms with Crippen molar-refractivity contribution >= 4 is 0 Å². The molecule has 0 atom stereocenters. The van der Waals surface area contributed by atoms with Gasteiger partial charge in [-0.2, -0.15) is 0 Å². The molecule has 2 nitrogen and oxygen atoms in total. The van der Waals surface area contributed by atoms with E-state index in [9.17, 15) is 0 Å². The van der Waals surface area contributed by atoms with Gasteiger partial charge >= 0.3 is 0 Å². The Hall–Kier alpha value is -0.340. The summed E-state index contributed by atoms with van der Waals surface area (Å²) < 4.78 is 0. The predicted molar refractivity (Wildman–Crippen MR) is 41.3 cm³/mol. The average molecular weight is 128 g/mol. The fourth-order valence-electron chi connectivity index (χ4n) is 0.609. The highest BCUT2D eigenvalue weighted by molar-refractivity contribution is 4.89. The Kier molecular flexibility index (Phi) is 5.57. The number of allylic oxidation sites excluding steroid dienone is 1. The van der Waals surface area contributed by atoms with Crippen LogP contribution in [0.3, 0.4) is 0 Å². The summed E-state index contributed by atoms with van der Waals surface area (Å²) in [6.45, 7) is 2.12. The number of likely N-dealkylation sites (N-methyl/N-ethyl adjacent to an activating group) is 2. The third-order valence-electron chi connectivity index (χ3n) is 1.19. The quantitative estimate of drug-likeness (QED) is 0.430. The zero-order chi connectivity index (χ0) is 7.11. The van der Waals surface area contributed by atoms with E-state index >= 15 is 0 Å². The van der Waals surface area contributed by atoms with Crippen LogP contribution in [0.5, 0.6) is 0 Å². The van der Waals surface area contributed by atoms with Crippen LogP contribution in [0.15, 0.2) is 12.2 Å². The molecule has 0 spiro atoms. The van der Waals surface area contributed by atoms with Crippen LogP contribution in [-0.4, -0.2) is 20.3 Å². The van der Waals surface area contributed by atoms with Crippen molar-refractivity contribution in [2.24, 2.45) is 0 Å². The van der Waals surface area contributed by atoms with Crippen LogP contribution >= 0.6 is 0 Å². The van der Waals surface area contributed by atoms with E-state index < -0.39 is 0 Å². The number of rotatable bonds is 4. The fraction of sp³-hybridized carbons (Fsp3) is 0.714. The lowest BCUT2D eigenvalue weighted by Gasteiger charge is -2.08. The molecular formula is C7H16N2. The van der Waals surface area contributed by atoms with E-state index in [1.165, 1.54) is 0 Å². The summed E-state index contributed by atoms with van der Waals surface area (Å²) in [7, 11) is 3.86. The summed E-state index contributed by atoms with van der Waals surface area (Å²) >= 11 is 0. The molecule has 0 saturated heterocycles. The Morgan fingerprint density at radius 2 is 1.89 bits per heavy atom. The Morgan fingerprint density at radius 1 is 1.33 bits per heavy atom. The molecule has 0 aliphatic carbocycles. The minimum Gasteiger partial charge on any atom is -0.302 e. The lowest BCUT2D eigenvalue weighted by molar-refractivity contribution is 0.586. The summed E-state index contributed by atoms with van der Waals surface area (Å²) in [6, 6.07) is 0.